The fourth-order valence-corrected chi connectivity index (χ4v) is 2.94. The number of piperidine rings is 1. The summed E-state index contributed by atoms with van der Waals surface area (Å²) in [7, 11) is 1.76. The van der Waals surface area contributed by atoms with E-state index in [9.17, 15) is 8.78 Å². The molecular weight excluding hydrogens is 246 g/mol. The lowest BCUT2D eigenvalue weighted by Crippen LogP contribution is -2.41. The molecule has 2 nitrogen and oxygen atoms in total. The summed E-state index contributed by atoms with van der Waals surface area (Å²) >= 11 is 0. The van der Waals surface area contributed by atoms with Crippen LogP contribution < -0.4 is 10.2 Å². The zero-order chi connectivity index (χ0) is 14.0. The zero-order valence-corrected chi connectivity index (χ0v) is 11.8. The van der Waals surface area contributed by atoms with Crippen LogP contribution in [-0.4, -0.2) is 19.6 Å². The van der Waals surface area contributed by atoms with Gasteiger partial charge in [-0.05, 0) is 50.4 Å². The van der Waals surface area contributed by atoms with Crippen molar-refractivity contribution < 1.29 is 8.78 Å². The van der Waals surface area contributed by atoms with Crippen molar-refractivity contribution >= 4 is 5.69 Å². The summed E-state index contributed by atoms with van der Waals surface area (Å²) in [5.41, 5.74) is 0.776. The number of hydrogen-bond donors (Lipinski definition) is 1. The predicted molar refractivity (Wildman–Crippen MR) is 74.3 cm³/mol. The molecule has 0 spiro atoms. The largest absolute Gasteiger partial charge is 0.364 e. The van der Waals surface area contributed by atoms with Crippen molar-refractivity contribution in [2.24, 2.45) is 5.92 Å². The van der Waals surface area contributed by atoms with Crippen LogP contribution in [0.4, 0.5) is 14.5 Å². The molecule has 1 aromatic carbocycles. The number of halogens is 2. The second-order valence-electron chi connectivity index (χ2n) is 5.61. The maximum Gasteiger partial charge on any atom is 0.149 e. The van der Waals surface area contributed by atoms with Crippen LogP contribution in [-0.2, 0) is 6.54 Å². The highest BCUT2D eigenvalue weighted by molar-refractivity contribution is 5.52. The van der Waals surface area contributed by atoms with Crippen LogP contribution in [0.3, 0.4) is 0 Å². The van der Waals surface area contributed by atoms with E-state index in [1.54, 1.807) is 7.05 Å². The van der Waals surface area contributed by atoms with E-state index in [0.29, 0.717) is 18.0 Å². The second kappa shape index (κ2) is 5.87. The third-order valence-corrected chi connectivity index (χ3v) is 3.88. The summed E-state index contributed by atoms with van der Waals surface area (Å²) in [6.45, 7) is 5.43. The van der Waals surface area contributed by atoms with Gasteiger partial charge in [-0.1, -0.05) is 6.92 Å². The molecule has 106 valence electrons. The molecule has 1 aromatic rings. The average Bonchev–Trinajstić information content (AvgIpc) is 2.31. The maximum absolute atomic E-state index is 14.2. The molecule has 1 heterocycles. The minimum Gasteiger partial charge on any atom is -0.364 e. The van der Waals surface area contributed by atoms with E-state index in [0.717, 1.165) is 19.4 Å². The molecule has 2 rings (SSSR count). The molecule has 4 heteroatoms. The summed E-state index contributed by atoms with van der Waals surface area (Å²) in [6, 6.07) is 3.04. The first-order chi connectivity index (χ1) is 9.02. The Bertz CT molecular complexity index is 425. The Hall–Kier alpha value is -1.16. The molecule has 0 amide bonds. The van der Waals surface area contributed by atoms with E-state index in [1.165, 1.54) is 12.1 Å². The van der Waals surface area contributed by atoms with E-state index in [1.807, 2.05) is 11.8 Å². The number of rotatable bonds is 3. The quantitative estimate of drug-likeness (QED) is 0.904. The van der Waals surface area contributed by atoms with E-state index in [2.05, 4.69) is 12.2 Å². The first-order valence-electron chi connectivity index (χ1n) is 6.92. The molecule has 0 radical (unpaired) electrons. The van der Waals surface area contributed by atoms with Crippen molar-refractivity contribution in [2.75, 3.05) is 18.5 Å². The van der Waals surface area contributed by atoms with E-state index < -0.39 is 11.6 Å². The highest BCUT2D eigenvalue weighted by Crippen LogP contribution is 2.32. The Morgan fingerprint density at radius 1 is 1.26 bits per heavy atom. The van der Waals surface area contributed by atoms with Crippen molar-refractivity contribution in [3.63, 3.8) is 0 Å². The van der Waals surface area contributed by atoms with Gasteiger partial charge in [0.25, 0.3) is 0 Å². The van der Waals surface area contributed by atoms with Crippen LogP contribution in [0.1, 0.15) is 32.3 Å². The van der Waals surface area contributed by atoms with E-state index in [4.69, 9.17) is 0 Å². The van der Waals surface area contributed by atoms with E-state index in [-0.39, 0.29) is 11.7 Å². The maximum atomic E-state index is 14.2. The summed E-state index contributed by atoms with van der Waals surface area (Å²) in [5.74, 6) is -0.278. The van der Waals surface area contributed by atoms with Gasteiger partial charge in [0.2, 0.25) is 0 Å². The molecule has 2 atom stereocenters. The van der Waals surface area contributed by atoms with Gasteiger partial charge in [0.05, 0.1) is 0 Å². The molecule has 2 unspecified atom stereocenters. The first kappa shape index (κ1) is 14.3. The lowest BCUT2D eigenvalue weighted by atomic mass is 9.92. The van der Waals surface area contributed by atoms with Crippen molar-refractivity contribution in [3.8, 4) is 0 Å². The third kappa shape index (κ3) is 3.06. The Kier molecular flexibility index (Phi) is 4.40. The monoisotopic (exact) mass is 268 g/mol. The van der Waals surface area contributed by atoms with Gasteiger partial charge in [-0.15, -0.1) is 0 Å². The van der Waals surface area contributed by atoms with Gasteiger partial charge in [-0.25, -0.2) is 8.78 Å². The van der Waals surface area contributed by atoms with Crippen LogP contribution in [0.2, 0.25) is 0 Å². The highest BCUT2D eigenvalue weighted by Gasteiger charge is 2.27. The van der Waals surface area contributed by atoms with Gasteiger partial charge in [0.15, 0.2) is 0 Å². The van der Waals surface area contributed by atoms with Gasteiger partial charge in [-0.2, -0.15) is 0 Å². The highest BCUT2D eigenvalue weighted by atomic mass is 19.1. The van der Waals surface area contributed by atoms with Crippen molar-refractivity contribution in [1.82, 2.24) is 5.32 Å². The molecule has 0 bridgehead atoms. The first-order valence-corrected chi connectivity index (χ1v) is 6.92. The third-order valence-electron chi connectivity index (χ3n) is 3.88. The topological polar surface area (TPSA) is 15.3 Å². The molecule has 0 aliphatic carbocycles. The number of benzene rings is 1. The molecule has 0 aromatic heterocycles. The van der Waals surface area contributed by atoms with Crippen LogP contribution in [0, 0.1) is 17.6 Å². The van der Waals surface area contributed by atoms with Crippen LogP contribution in [0.15, 0.2) is 12.1 Å². The number of nitrogens with zero attached hydrogens (tertiary/aromatic N) is 1. The zero-order valence-electron chi connectivity index (χ0n) is 11.8. The summed E-state index contributed by atoms with van der Waals surface area (Å²) in [5, 5.41) is 2.91. The van der Waals surface area contributed by atoms with Gasteiger partial charge < -0.3 is 10.2 Å². The predicted octanol–water partition coefficient (Wildman–Crippen LogP) is 3.31. The Morgan fingerprint density at radius 3 is 2.42 bits per heavy atom. The van der Waals surface area contributed by atoms with Crippen LogP contribution in [0.25, 0.3) is 0 Å². The van der Waals surface area contributed by atoms with Gasteiger partial charge in [-0.3, -0.25) is 0 Å². The molecule has 1 aliphatic rings. The lowest BCUT2D eigenvalue weighted by molar-refractivity contribution is 0.371. The fraction of sp³-hybridized carbons (Fsp3) is 0.600. The minimum absolute atomic E-state index is 0.138. The fourth-order valence-electron chi connectivity index (χ4n) is 2.94. The van der Waals surface area contributed by atoms with E-state index >= 15 is 0 Å². The molecule has 1 saturated heterocycles. The standard InChI is InChI=1S/C15H22F2N2/c1-10-4-5-19(11(2)6-10)15-13(16)7-12(9-18-3)8-14(15)17/h7-8,10-11,18H,4-6,9H2,1-3H3. The number of nitrogens with one attached hydrogen (secondary N) is 1. The van der Waals surface area contributed by atoms with Gasteiger partial charge in [0, 0.05) is 19.1 Å². The van der Waals surface area contributed by atoms with Crippen molar-refractivity contribution in [1.29, 1.82) is 0 Å². The molecule has 0 saturated carbocycles. The van der Waals surface area contributed by atoms with Gasteiger partial charge in [0.1, 0.15) is 17.3 Å². The Morgan fingerprint density at radius 2 is 1.89 bits per heavy atom. The van der Waals surface area contributed by atoms with Crippen molar-refractivity contribution in [3.05, 3.63) is 29.3 Å². The molecule has 19 heavy (non-hydrogen) atoms. The SMILES string of the molecule is CNCc1cc(F)c(N2CCC(C)CC2C)c(F)c1. The average molecular weight is 268 g/mol. The second-order valence-corrected chi connectivity index (χ2v) is 5.61. The molecule has 1 N–H and O–H groups in total. The van der Waals surface area contributed by atoms with Gasteiger partial charge >= 0.3 is 0 Å². The smallest absolute Gasteiger partial charge is 0.149 e. The number of anilines is 1. The minimum atomic E-state index is -0.452. The summed E-state index contributed by atoms with van der Waals surface area (Å²) in [4.78, 5) is 1.87. The molecule has 1 aliphatic heterocycles. The van der Waals surface area contributed by atoms with Crippen molar-refractivity contribution in [2.45, 2.75) is 39.3 Å². The normalized spacial score (nSPS) is 23.7. The molecular formula is C15H22F2N2. The van der Waals surface area contributed by atoms with Crippen LogP contribution >= 0.6 is 0 Å². The lowest BCUT2D eigenvalue weighted by Gasteiger charge is -2.38. The Balaban J connectivity index is 2.29. The molecule has 1 fully saturated rings. The Labute approximate surface area is 113 Å². The van der Waals surface area contributed by atoms with Crippen LogP contribution in [0.5, 0.6) is 0 Å². The number of hydrogen-bond acceptors (Lipinski definition) is 2. The summed E-state index contributed by atoms with van der Waals surface area (Å²) < 4.78 is 28.4. The summed E-state index contributed by atoms with van der Waals surface area (Å²) in [6.07, 6.45) is 1.97.